The Morgan fingerprint density at radius 1 is 1.22 bits per heavy atom. The molecule has 0 saturated heterocycles. The van der Waals surface area contributed by atoms with Crippen LogP contribution < -0.4 is 5.01 Å². The normalized spacial score (nSPS) is 15.4. The second kappa shape index (κ2) is 5.00. The molecule has 2 nitrogen and oxygen atoms in total. The summed E-state index contributed by atoms with van der Waals surface area (Å²) in [5.41, 5.74) is -0.112. The Hall–Kier alpha value is -1.52. The van der Waals surface area contributed by atoms with Crippen LogP contribution in [-0.2, 0) is 0 Å². The van der Waals surface area contributed by atoms with E-state index in [-0.39, 0.29) is 5.33 Å². The van der Waals surface area contributed by atoms with Crippen molar-refractivity contribution >= 4 is 27.5 Å². The summed E-state index contributed by atoms with van der Waals surface area (Å²) in [4.78, 5) is 0. The largest absolute Gasteiger partial charge is 0.433 e. The molecule has 6 heteroatoms. The maximum absolute atomic E-state index is 13.0. The topological polar surface area (TPSA) is 15.6 Å². The molecule has 0 aliphatic carbocycles. The van der Waals surface area contributed by atoms with Crippen LogP contribution in [-0.4, -0.2) is 17.4 Å². The van der Waals surface area contributed by atoms with Crippen molar-refractivity contribution in [3.63, 3.8) is 0 Å². The lowest BCUT2D eigenvalue weighted by molar-refractivity contribution is -0.0934. The van der Waals surface area contributed by atoms with Crippen molar-refractivity contribution in [2.24, 2.45) is 5.10 Å². The Morgan fingerprint density at radius 3 is 2.44 bits per heavy atom. The van der Waals surface area contributed by atoms with Gasteiger partial charge in [-0.2, -0.15) is 13.2 Å². The minimum atomic E-state index is -4.46. The van der Waals surface area contributed by atoms with Crippen LogP contribution in [0.3, 0.4) is 0 Å². The maximum Gasteiger partial charge on any atom is 0.433 e. The zero-order valence-electron chi connectivity index (χ0n) is 9.08. The van der Waals surface area contributed by atoms with Crippen LogP contribution >= 0.6 is 15.9 Å². The van der Waals surface area contributed by atoms with Crippen LogP contribution in [0.15, 0.2) is 52.8 Å². The van der Waals surface area contributed by atoms with Crippen LogP contribution in [0.5, 0.6) is 0 Å². The fraction of sp³-hybridized carbons (Fsp3) is 0.167. The number of rotatable bonds is 2. The number of hydrogen-bond acceptors (Lipinski definition) is 2. The fourth-order valence-electron chi connectivity index (χ4n) is 1.46. The first-order valence-electron chi connectivity index (χ1n) is 5.05. The monoisotopic (exact) mass is 316 g/mol. The highest BCUT2D eigenvalue weighted by Gasteiger charge is 2.39. The molecule has 1 heterocycles. The Kier molecular flexibility index (Phi) is 3.59. The van der Waals surface area contributed by atoms with E-state index in [0.717, 1.165) is 11.1 Å². The average Bonchev–Trinajstić information content (AvgIpc) is 2.38. The van der Waals surface area contributed by atoms with Gasteiger partial charge in [0.25, 0.3) is 0 Å². The van der Waals surface area contributed by atoms with Gasteiger partial charge in [0.2, 0.25) is 0 Å². The van der Waals surface area contributed by atoms with E-state index in [2.05, 4.69) is 26.9 Å². The molecule has 18 heavy (non-hydrogen) atoms. The Labute approximate surface area is 110 Å². The van der Waals surface area contributed by atoms with Gasteiger partial charge >= 0.3 is 6.18 Å². The predicted molar refractivity (Wildman–Crippen MR) is 67.8 cm³/mol. The Morgan fingerprint density at radius 2 is 1.89 bits per heavy atom. The minimum absolute atomic E-state index is 0.276. The molecule has 0 unspecified atom stereocenters. The number of halogens is 4. The van der Waals surface area contributed by atoms with Gasteiger partial charge < -0.3 is 0 Å². The first-order valence-corrected chi connectivity index (χ1v) is 6.17. The van der Waals surface area contributed by atoms with Crippen LogP contribution in [0.25, 0.3) is 0 Å². The molecule has 94 valence electrons. The summed E-state index contributed by atoms with van der Waals surface area (Å²) >= 11 is 3.09. The van der Waals surface area contributed by atoms with Crippen molar-refractivity contribution in [1.82, 2.24) is 0 Å². The molecular weight excluding hydrogens is 309 g/mol. The van der Waals surface area contributed by atoms with E-state index in [1.165, 1.54) is 0 Å². The standard InChI is InChI=1S/C12H8BrF3N2/c13-7-9-6-11(12(14,15)16)18(17-8-9)10-4-2-1-3-5-10/h1-6H,7H2. The van der Waals surface area contributed by atoms with Gasteiger partial charge in [0.1, 0.15) is 5.70 Å². The van der Waals surface area contributed by atoms with E-state index >= 15 is 0 Å². The Balaban J connectivity index is 2.47. The number of allylic oxidation sites excluding steroid dienone is 3. The van der Waals surface area contributed by atoms with Crippen molar-refractivity contribution < 1.29 is 13.2 Å². The van der Waals surface area contributed by atoms with E-state index in [1.54, 1.807) is 30.3 Å². The highest BCUT2D eigenvalue weighted by Crippen LogP contribution is 2.34. The number of nitrogens with zero attached hydrogens (tertiary/aromatic N) is 2. The number of hydrazone groups is 1. The number of anilines is 1. The average molecular weight is 317 g/mol. The van der Waals surface area contributed by atoms with Crippen molar-refractivity contribution in [1.29, 1.82) is 0 Å². The molecule has 0 spiro atoms. The van der Waals surface area contributed by atoms with Gasteiger partial charge in [-0.3, -0.25) is 0 Å². The van der Waals surface area contributed by atoms with Gasteiger partial charge in [-0.25, -0.2) is 5.01 Å². The van der Waals surface area contributed by atoms with Crippen LogP contribution in [0.2, 0.25) is 0 Å². The molecule has 0 N–H and O–H groups in total. The molecule has 1 aliphatic heterocycles. The van der Waals surface area contributed by atoms with Gasteiger partial charge in [-0.05, 0) is 18.2 Å². The number of benzene rings is 1. The molecule has 1 aliphatic rings. The molecule has 0 aromatic heterocycles. The summed E-state index contributed by atoms with van der Waals surface area (Å²) in [6, 6.07) is 8.16. The molecule has 2 rings (SSSR count). The number of para-hydroxylation sites is 1. The van der Waals surface area contributed by atoms with Crippen molar-refractivity contribution in [2.45, 2.75) is 6.18 Å². The molecule has 1 aromatic rings. The number of hydrogen-bond donors (Lipinski definition) is 0. The third-order valence-corrected chi connectivity index (χ3v) is 2.87. The summed E-state index contributed by atoms with van der Waals surface area (Å²) in [5.74, 6) is 2.56. The lowest BCUT2D eigenvalue weighted by Gasteiger charge is -2.24. The minimum Gasteiger partial charge on any atom is -0.220 e. The first-order chi connectivity index (χ1) is 8.52. The van der Waals surface area contributed by atoms with Crippen molar-refractivity contribution in [3.05, 3.63) is 47.7 Å². The molecule has 1 aromatic carbocycles. The highest BCUT2D eigenvalue weighted by molar-refractivity contribution is 9.09. The lowest BCUT2D eigenvalue weighted by atomic mass is 10.2. The summed E-state index contributed by atoms with van der Waals surface area (Å²) in [6.45, 7) is 0. The fourth-order valence-corrected chi connectivity index (χ4v) is 1.75. The van der Waals surface area contributed by atoms with Crippen molar-refractivity contribution in [3.8, 4) is 0 Å². The summed E-state index contributed by atoms with van der Waals surface area (Å²) in [6.07, 6.45) is -3.43. The maximum atomic E-state index is 13.0. The van der Waals surface area contributed by atoms with E-state index in [0.29, 0.717) is 11.3 Å². The third-order valence-electron chi connectivity index (χ3n) is 2.27. The number of alkyl halides is 4. The highest BCUT2D eigenvalue weighted by atomic mass is 79.9. The van der Waals surface area contributed by atoms with E-state index in [4.69, 9.17) is 0 Å². The van der Waals surface area contributed by atoms with Crippen LogP contribution in [0.1, 0.15) is 0 Å². The molecule has 0 bridgehead atoms. The van der Waals surface area contributed by atoms with Crippen LogP contribution in [0, 0.1) is 0 Å². The van der Waals surface area contributed by atoms with E-state index in [9.17, 15) is 13.2 Å². The van der Waals surface area contributed by atoms with Gasteiger partial charge in [0, 0.05) is 16.8 Å². The third kappa shape index (κ3) is 2.66. The van der Waals surface area contributed by atoms with Gasteiger partial charge in [-0.15, -0.1) is 5.10 Å². The molecule has 0 radical (unpaired) electrons. The lowest BCUT2D eigenvalue weighted by Crippen LogP contribution is -2.29. The second-order valence-electron chi connectivity index (χ2n) is 3.55. The van der Waals surface area contributed by atoms with Gasteiger partial charge in [-0.1, -0.05) is 34.1 Å². The molecule has 0 atom stereocenters. The summed E-state index contributed by atoms with van der Waals surface area (Å²) in [7, 11) is 0. The summed E-state index contributed by atoms with van der Waals surface area (Å²) in [5, 5.41) is 4.84. The molecule has 0 amide bonds. The zero-order chi connectivity index (χ0) is 13.2. The molecule has 0 saturated carbocycles. The second-order valence-corrected chi connectivity index (χ2v) is 4.11. The SMILES string of the molecule is FC(F)(F)C1=CC(CBr)=C=NN1c1ccccc1. The van der Waals surface area contributed by atoms with E-state index < -0.39 is 11.9 Å². The van der Waals surface area contributed by atoms with Crippen molar-refractivity contribution in [2.75, 3.05) is 10.3 Å². The van der Waals surface area contributed by atoms with Gasteiger partial charge in [0.15, 0.2) is 0 Å². The predicted octanol–water partition coefficient (Wildman–Crippen LogP) is 3.86. The smallest absolute Gasteiger partial charge is 0.220 e. The van der Waals surface area contributed by atoms with E-state index in [1.807, 2.05) is 0 Å². The van der Waals surface area contributed by atoms with Crippen LogP contribution in [0.4, 0.5) is 18.9 Å². The Bertz CT molecular complexity index is 528. The molecule has 0 fully saturated rings. The molecular formula is C12H8BrF3N2. The quantitative estimate of drug-likeness (QED) is 0.756. The van der Waals surface area contributed by atoms with Gasteiger partial charge in [0.05, 0.1) is 5.69 Å². The first kappa shape index (κ1) is 12.9. The summed E-state index contributed by atoms with van der Waals surface area (Å²) < 4.78 is 38.9. The zero-order valence-corrected chi connectivity index (χ0v) is 10.7.